The van der Waals surface area contributed by atoms with Gasteiger partial charge in [-0.15, -0.1) is 0 Å². The van der Waals surface area contributed by atoms with Crippen LogP contribution in [0, 0.1) is 3.57 Å². The van der Waals surface area contributed by atoms with Crippen molar-refractivity contribution < 1.29 is 14.3 Å². The number of aromatic nitrogens is 1. The normalized spacial score (nSPS) is 13.7. The van der Waals surface area contributed by atoms with Crippen LogP contribution in [0.5, 0.6) is 0 Å². The van der Waals surface area contributed by atoms with E-state index in [2.05, 4.69) is 45.4 Å². The Morgan fingerprint density at radius 2 is 2.00 bits per heavy atom. The first-order valence-corrected chi connectivity index (χ1v) is 9.68. The molecular formula is C21H18INO3. The number of rotatable bonds is 3. The van der Waals surface area contributed by atoms with Crippen LogP contribution in [0.15, 0.2) is 42.5 Å². The number of ketones is 1. The summed E-state index contributed by atoms with van der Waals surface area (Å²) in [4.78, 5) is 25.0. The first-order valence-electron chi connectivity index (χ1n) is 8.60. The fourth-order valence-corrected chi connectivity index (χ4v) is 4.44. The van der Waals surface area contributed by atoms with E-state index >= 15 is 0 Å². The molecule has 26 heavy (non-hydrogen) atoms. The van der Waals surface area contributed by atoms with Gasteiger partial charge in [-0.05, 0) is 65.3 Å². The van der Waals surface area contributed by atoms with Crippen LogP contribution in [0.1, 0.15) is 44.8 Å². The second-order valence-electron chi connectivity index (χ2n) is 6.51. The standard InChI is InChI=1S/C21H18INO3/c1-26-21(25)15-7-3-8-16-19(15)20-17(9-4-10-18(20)24)23(16)12-13-5-2-6-14(22)11-13/h2-3,5-8,11H,4,9-10,12H2,1H3. The van der Waals surface area contributed by atoms with Crippen LogP contribution in [-0.4, -0.2) is 23.4 Å². The van der Waals surface area contributed by atoms with E-state index in [0.29, 0.717) is 24.1 Å². The first-order chi connectivity index (χ1) is 12.6. The Balaban J connectivity index is 1.98. The van der Waals surface area contributed by atoms with Gasteiger partial charge in [-0.25, -0.2) is 4.79 Å². The third-order valence-electron chi connectivity index (χ3n) is 4.93. The summed E-state index contributed by atoms with van der Waals surface area (Å²) < 4.78 is 8.33. The number of fused-ring (bicyclic) bond motifs is 3. The smallest absolute Gasteiger partial charge is 0.338 e. The van der Waals surface area contributed by atoms with Gasteiger partial charge in [0.25, 0.3) is 0 Å². The van der Waals surface area contributed by atoms with Crippen molar-refractivity contribution in [2.45, 2.75) is 25.8 Å². The molecule has 0 bridgehead atoms. The van der Waals surface area contributed by atoms with Crippen LogP contribution in [0.4, 0.5) is 0 Å². The van der Waals surface area contributed by atoms with E-state index in [-0.39, 0.29) is 5.78 Å². The van der Waals surface area contributed by atoms with Gasteiger partial charge in [0, 0.05) is 33.2 Å². The maximum Gasteiger partial charge on any atom is 0.338 e. The van der Waals surface area contributed by atoms with Gasteiger partial charge in [-0.3, -0.25) is 4.79 Å². The van der Waals surface area contributed by atoms with Crippen LogP contribution in [0.3, 0.4) is 0 Å². The van der Waals surface area contributed by atoms with Crippen LogP contribution in [0.2, 0.25) is 0 Å². The lowest BCUT2D eigenvalue weighted by Crippen LogP contribution is -2.14. The van der Waals surface area contributed by atoms with Crippen molar-refractivity contribution >= 4 is 45.2 Å². The van der Waals surface area contributed by atoms with Gasteiger partial charge in [-0.1, -0.05) is 18.2 Å². The Labute approximate surface area is 165 Å². The molecule has 3 aromatic rings. The number of hydrogen-bond donors (Lipinski definition) is 0. The molecule has 0 unspecified atom stereocenters. The van der Waals surface area contributed by atoms with Gasteiger partial charge in [-0.2, -0.15) is 0 Å². The van der Waals surface area contributed by atoms with E-state index in [0.717, 1.165) is 29.4 Å². The van der Waals surface area contributed by atoms with E-state index in [4.69, 9.17) is 4.74 Å². The molecule has 0 aliphatic heterocycles. The average Bonchev–Trinajstić information content (AvgIpc) is 2.96. The molecule has 0 spiro atoms. The summed E-state index contributed by atoms with van der Waals surface area (Å²) in [6.07, 6.45) is 2.23. The Morgan fingerprint density at radius 3 is 2.77 bits per heavy atom. The zero-order valence-corrected chi connectivity index (χ0v) is 16.6. The van der Waals surface area contributed by atoms with E-state index in [1.54, 1.807) is 6.07 Å². The lowest BCUT2D eigenvalue weighted by molar-refractivity contribution is 0.0603. The number of ether oxygens (including phenoxy) is 1. The molecule has 132 valence electrons. The van der Waals surface area contributed by atoms with Gasteiger partial charge in [0.15, 0.2) is 5.78 Å². The summed E-state index contributed by atoms with van der Waals surface area (Å²) in [5.74, 6) is -0.280. The minimum absolute atomic E-state index is 0.119. The highest BCUT2D eigenvalue weighted by Gasteiger charge is 2.28. The molecule has 4 rings (SSSR count). The summed E-state index contributed by atoms with van der Waals surface area (Å²) in [5, 5.41) is 0.740. The summed E-state index contributed by atoms with van der Waals surface area (Å²) in [6, 6.07) is 13.9. The second kappa shape index (κ2) is 6.87. The second-order valence-corrected chi connectivity index (χ2v) is 7.75. The lowest BCUT2D eigenvalue weighted by Gasteiger charge is -2.15. The molecule has 5 heteroatoms. The Hall–Kier alpha value is -2.15. The third kappa shape index (κ3) is 2.84. The predicted octanol–water partition coefficient (Wildman–Crippen LogP) is 4.60. The molecule has 2 aromatic carbocycles. The Morgan fingerprint density at radius 1 is 1.19 bits per heavy atom. The zero-order chi connectivity index (χ0) is 18.3. The van der Waals surface area contributed by atoms with Crippen LogP contribution in [-0.2, 0) is 17.7 Å². The molecule has 0 N–H and O–H groups in total. The number of methoxy groups -OCH3 is 1. The monoisotopic (exact) mass is 459 g/mol. The van der Waals surface area contributed by atoms with E-state index in [1.807, 2.05) is 18.2 Å². The zero-order valence-electron chi connectivity index (χ0n) is 14.4. The largest absolute Gasteiger partial charge is 0.465 e. The van der Waals surface area contributed by atoms with E-state index < -0.39 is 5.97 Å². The topological polar surface area (TPSA) is 48.3 Å². The molecule has 0 saturated carbocycles. The summed E-state index contributed by atoms with van der Waals surface area (Å²) in [7, 11) is 1.37. The van der Waals surface area contributed by atoms with Crippen LogP contribution < -0.4 is 0 Å². The molecule has 1 aliphatic carbocycles. The van der Waals surface area contributed by atoms with Gasteiger partial charge in [0.1, 0.15) is 0 Å². The minimum Gasteiger partial charge on any atom is -0.465 e. The number of halogens is 1. The molecule has 0 atom stereocenters. The summed E-state index contributed by atoms with van der Waals surface area (Å²) in [6.45, 7) is 0.681. The Kier molecular flexibility index (Phi) is 4.56. The van der Waals surface area contributed by atoms with Crippen molar-refractivity contribution in [3.63, 3.8) is 0 Å². The summed E-state index contributed by atoms with van der Waals surface area (Å²) >= 11 is 2.31. The van der Waals surface area contributed by atoms with Gasteiger partial charge >= 0.3 is 5.97 Å². The van der Waals surface area contributed by atoms with Gasteiger partial charge < -0.3 is 9.30 Å². The van der Waals surface area contributed by atoms with Crippen molar-refractivity contribution in [3.05, 3.63) is 68.4 Å². The van der Waals surface area contributed by atoms with Crippen LogP contribution >= 0.6 is 22.6 Å². The fourth-order valence-electron chi connectivity index (χ4n) is 3.83. The van der Waals surface area contributed by atoms with Crippen molar-refractivity contribution in [1.29, 1.82) is 0 Å². The molecule has 0 amide bonds. The molecule has 0 fully saturated rings. The SMILES string of the molecule is COC(=O)c1cccc2c1c1c(n2Cc2cccc(I)c2)CCCC1=O. The lowest BCUT2D eigenvalue weighted by atomic mass is 9.92. The third-order valence-corrected chi connectivity index (χ3v) is 5.60. The maximum atomic E-state index is 12.7. The highest BCUT2D eigenvalue weighted by Crippen LogP contribution is 2.35. The van der Waals surface area contributed by atoms with Gasteiger partial charge in [0.05, 0.1) is 18.2 Å². The minimum atomic E-state index is -0.400. The van der Waals surface area contributed by atoms with Crippen molar-refractivity contribution in [2.24, 2.45) is 0 Å². The van der Waals surface area contributed by atoms with E-state index in [1.165, 1.54) is 16.2 Å². The number of carbonyl (C=O) groups is 2. The first kappa shape index (κ1) is 17.3. The van der Waals surface area contributed by atoms with Crippen molar-refractivity contribution in [1.82, 2.24) is 4.57 Å². The number of hydrogen-bond acceptors (Lipinski definition) is 3. The number of carbonyl (C=O) groups excluding carboxylic acids is 2. The molecule has 0 saturated heterocycles. The number of esters is 1. The Bertz CT molecular complexity index is 1040. The van der Waals surface area contributed by atoms with Crippen LogP contribution in [0.25, 0.3) is 10.9 Å². The fraction of sp³-hybridized carbons (Fsp3) is 0.238. The molecule has 0 radical (unpaired) electrons. The molecular weight excluding hydrogens is 441 g/mol. The van der Waals surface area contributed by atoms with E-state index in [9.17, 15) is 9.59 Å². The highest BCUT2D eigenvalue weighted by molar-refractivity contribution is 14.1. The average molecular weight is 459 g/mol. The molecule has 1 aliphatic rings. The molecule has 4 nitrogen and oxygen atoms in total. The highest BCUT2D eigenvalue weighted by atomic mass is 127. The van der Waals surface area contributed by atoms with Crippen molar-refractivity contribution in [2.75, 3.05) is 7.11 Å². The number of benzene rings is 2. The summed E-state index contributed by atoms with van der Waals surface area (Å²) in [5.41, 5.74) is 4.31. The molecule has 1 heterocycles. The predicted molar refractivity (Wildman–Crippen MR) is 109 cm³/mol. The van der Waals surface area contributed by atoms with Gasteiger partial charge in [0.2, 0.25) is 0 Å². The van der Waals surface area contributed by atoms with Crippen molar-refractivity contribution in [3.8, 4) is 0 Å². The number of Topliss-reactive ketones (excluding diaryl/α,β-unsaturated/α-hetero) is 1. The quantitative estimate of drug-likeness (QED) is 0.425. The maximum absolute atomic E-state index is 12.7. The molecule has 1 aromatic heterocycles. The number of nitrogens with zero attached hydrogens (tertiary/aromatic N) is 1.